The molecule has 1 amide bonds. The Labute approximate surface area is 125 Å². The topological polar surface area (TPSA) is 59.0 Å². The Morgan fingerprint density at radius 1 is 1.52 bits per heavy atom. The van der Waals surface area contributed by atoms with Crippen LogP contribution in [0.25, 0.3) is 0 Å². The number of ether oxygens (including phenoxy) is 2. The normalized spacial score (nSPS) is 19.4. The predicted octanol–water partition coefficient (Wildman–Crippen LogP) is 2.14. The molecule has 1 aliphatic rings. The summed E-state index contributed by atoms with van der Waals surface area (Å²) in [5.74, 6) is 1.11. The third-order valence-corrected chi connectivity index (χ3v) is 3.68. The molecule has 0 saturated heterocycles. The van der Waals surface area contributed by atoms with Crippen molar-refractivity contribution in [3.8, 4) is 11.5 Å². The van der Waals surface area contributed by atoms with Gasteiger partial charge in [0.25, 0.3) is 5.91 Å². The summed E-state index contributed by atoms with van der Waals surface area (Å²) in [6.07, 6.45) is 0.0191. The van der Waals surface area contributed by atoms with E-state index < -0.39 is 11.7 Å². The van der Waals surface area contributed by atoms with Crippen molar-refractivity contribution in [2.24, 2.45) is 0 Å². The fourth-order valence-electron chi connectivity index (χ4n) is 2.31. The van der Waals surface area contributed by atoms with Crippen LogP contribution in [0.15, 0.2) is 18.2 Å². The van der Waals surface area contributed by atoms with E-state index in [0.717, 1.165) is 5.56 Å². The molecule has 0 aromatic heterocycles. The van der Waals surface area contributed by atoms with Crippen LogP contribution >= 0.6 is 0 Å². The molecule has 0 aliphatic carbocycles. The summed E-state index contributed by atoms with van der Waals surface area (Å²) >= 11 is 0. The van der Waals surface area contributed by atoms with E-state index in [1.165, 1.54) is 0 Å². The number of carbonyl (C=O) groups excluding carboxylic acids is 1. The third-order valence-electron chi connectivity index (χ3n) is 3.68. The molecule has 5 heteroatoms. The molecule has 1 aromatic rings. The fraction of sp³-hybridized carbons (Fsp3) is 0.562. The number of rotatable bonds is 4. The van der Waals surface area contributed by atoms with Gasteiger partial charge >= 0.3 is 0 Å². The van der Waals surface area contributed by atoms with Gasteiger partial charge in [0.15, 0.2) is 6.61 Å². The number of likely N-dealkylation sites (N-methyl/N-ethyl adjacent to an activating group) is 1. The lowest BCUT2D eigenvalue weighted by Crippen LogP contribution is -2.34. The summed E-state index contributed by atoms with van der Waals surface area (Å²) in [5, 5.41) is 10.1. The lowest BCUT2D eigenvalue weighted by Gasteiger charge is -2.35. The first-order chi connectivity index (χ1) is 9.82. The lowest BCUT2D eigenvalue weighted by molar-refractivity contribution is -0.131. The monoisotopic (exact) mass is 293 g/mol. The molecule has 0 saturated carbocycles. The SMILES string of the molecule is CCN(C)C(=O)COc1ccc2c(c1)OC(C)(C)CC2O. The molecule has 0 bridgehead atoms. The van der Waals surface area contributed by atoms with Crippen LogP contribution in [0.4, 0.5) is 0 Å². The third kappa shape index (κ3) is 3.67. The highest BCUT2D eigenvalue weighted by Crippen LogP contribution is 2.40. The number of nitrogens with zero attached hydrogens (tertiary/aromatic N) is 1. The minimum Gasteiger partial charge on any atom is -0.487 e. The van der Waals surface area contributed by atoms with Crippen LogP contribution in [0.3, 0.4) is 0 Å². The van der Waals surface area contributed by atoms with Gasteiger partial charge in [0, 0.05) is 31.6 Å². The molecule has 1 atom stereocenters. The first-order valence-corrected chi connectivity index (χ1v) is 7.20. The van der Waals surface area contributed by atoms with Gasteiger partial charge in [-0.3, -0.25) is 4.79 Å². The minimum absolute atomic E-state index is 0.00489. The quantitative estimate of drug-likeness (QED) is 0.924. The Kier molecular flexibility index (Phi) is 4.42. The highest BCUT2D eigenvalue weighted by atomic mass is 16.5. The highest BCUT2D eigenvalue weighted by Gasteiger charge is 2.32. The molecule has 5 nitrogen and oxygen atoms in total. The second kappa shape index (κ2) is 5.93. The molecule has 21 heavy (non-hydrogen) atoms. The molecule has 1 unspecified atom stereocenters. The van der Waals surface area contributed by atoms with Crippen LogP contribution in [-0.4, -0.2) is 41.7 Å². The lowest BCUT2D eigenvalue weighted by atomic mass is 9.92. The molecule has 2 rings (SSSR count). The van der Waals surface area contributed by atoms with Gasteiger partial charge in [-0.25, -0.2) is 0 Å². The van der Waals surface area contributed by atoms with Crippen LogP contribution in [0.2, 0.25) is 0 Å². The molecule has 1 N–H and O–H groups in total. The zero-order valence-electron chi connectivity index (χ0n) is 13.0. The first-order valence-electron chi connectivity index (χ1n) is 7.20. The van der Waals surface area contributed by atoms with Gasteiger partial charge < -0.3 is 19.5 Å². The van der Waals surface area contributed by atoms with E-state index in [2.05, 4.69) is 0 Å². The standard InChI is InChI=1S/C16H23NO4/c1-5-17(4)15(19)10-20-11-6-7-12-13(18)9-16(2,3)21-14(12)8-11/h6-8,13,18H,5,9-10H2,1-4H3. The second-order valence-corrected chi connectivity index (χ2v) is 5.98. The molecule has 1 heterocycles. The summed E-state index contributed by atoms with van der Waals surface area (Å²) in [4.78, 5) is 13.3. The number of aliphatic hydroxyl groups is 1. The van der Waals surface area contributed by atoms with E-state index >= 15 is 0 Å². The minimum atomic E-state index is -0.536. The summed E-state index contributed by atoms with van der Waals surface area (Å²) in [6.45, 7) is 6.43. The van der Waals surface area contributed by atoms with Crippen LogP contribution in [0.5, 0.6) is 11.5 Å². The number of fused-ring (bicyclic) bond motifs is 1. The van der Waals surface area contributed by atoms with Crippen molar-refractivity contribution in [2.45, 2.75) is 38.9 Å². The number of aliphatic hydroxyl groups excluding tert-OH is 1. The van der Waals surface area contributed by atoms with Gasteiger partial charge in [-0.15, -0.1) is 0 Å². The Morgan fingerprint density at radius 3 is 2.90 bits per heavy atom. The van der Waals surface area contributed by atoms with Crippen molar-refractivity contribution in [1.82, 2.24) is 4.90 Å². The van der Waals surface area contributed by atoms with E-state index in [-0.39, 0.29) is 12.5 Å². The maximum Gasteiger partial charge on any atom is 0.260 e. The van der Waals surface area contributed by atoms with Crippen LogP contribution in [-0.2, 0) is 4.79 Å². The predicted molar refractivity (Wildman–Crippen MR) is 79.5 cm³/mol. The molecule has 0 spiro atoms. The van der Waals surface area contributed by atoms with Crippen LogP contribution < -0.4 is 9.47 Å². The van der Waals surface area contributed by atoms with Gasteiger partial charge in [-0.05, 0) is 32.9 Å². The van der Waals surface area contributed by atoms with Gasteiger partial charge in [-0.2, -0.15) is 0 Å². The van der Waals surface area contributed by atoms with Crippen molar-refractivity contribution in [2.75, 3.05) is 20.2 Å². The van der Waals surface area contributed by atoms with Crippen molar-refractivity contribution in [3.63, 3.8) is 0 Å². The number of carbonyl (C=O) groups is 1. The molecular weight excluding hydrogens is 270 g/mol. The Morgan fingerprint density at radius 2 is 2.24 bits per heavy atom. The average molecular weight is 293 g/mol. The highest BCUT2D eigenvalue weighted by molar-refractivity contribution is 5.77. The van der Waals surface area contributed by atoms with Crippen molar-refractivity contribution in [1.29, 1.82) is 0 Å². The molecule has 116 valence electrons. The Balaban J connectivity index is 2.09. The maximum absolute atomic E-state index is 11.7. The largest absolute Gasteiger partial charge is 0.487 e. The summed E-state index contributed by atoms with van der Waals surface area (Å²) in [5.41, 5.74) is 0.349. The van der Waals surface area contributed by atoms with Gasteiger partial charge in [0.1, 0.15) is 17.1 Å². The van der Waals surface area contributed by atoms with Crippen LogP contribution in [0.1, 0.15) is 38.9 Å². The second-order valence-electron chi connectivity index (χ2n) is 5.98. The van der Waals surface area contributed by atoms with Gasteiger partial charge in [-0.1, -0.05) is 0 Å². The Bertz CT molecular complexity index is 527. The molecule has 0 radical (unpaired) electrons. The van der Waals surface area contributed by atoms with E-state index in [9.17, 15) is 9.90 Å². The number of benzene rings is 1. The van der Waals surface area contributed by atoms with Crippen LogP contribution in [0, 0.1) is 0 Å². The summed E-state index contributed by atoms with van der Waals surface area (Å²) in [6, 6.07) is 5.28. The molecule has 0 fully saturated rings. The van der Waals surface area contributed by atoms with Gasteiger partial charge in [0.2, 0.25) is 0 Å². The van der Waals surface area contributed by atoms with E-state index in [4.69, 9.17) is 9.47 Å². The number of hydrogen-bond acceptors (Lipinski definition) is 4. The molecular formula is C16H23NO4. The first kappa shape index (κ1) is 15.6. The molecule has 1 aliphatic heterocycles. The zero-order valence-corrected chi connectivity index (χ0v) is 13.0. The maximum atomic E-state index is 11.7. The van der Waals surface area contributed by atoms with Gasteiger partial charge in [0.05, 0.1) is 6.10 Å². The van der Waals surface area contributed by atoms with E-state index in [1.54, 1.807) is 30.1 Å². The Hall–Kier alpha value is -1.75. The van der Waals surface area contributed by atoms with Crippen molar-refractivity contribution >= 4 is 5.91 Å². The van der Waals surface area contributed by atoms with Crippen molar-refractivity contribution < 1.29 is 19.4 Å². The zero-order chi connectivity index (χ0) is 15.6. The molecule has 1 aromatic carbocycles. The summed E-state index contributed by atoms with van der Waals surface area (Å²) < 4.78 is 11.4. The van der Waals surface area contributed by atoms with E-state index in [0.29, 0.717) is 24.5 Å². The fourth-order valence-corrected chi connectivity index (χ4v) is 2.31. The number of amides is 1. The smallest absolute Gasteiger partial charge is 0.260 e. The summed E-state index contributed by atoms with van der Waals surface area (Å²) in [7, 11) is 1.74. The van der Waals surface area contributed by atoms with Crippen molar-refractivity contribution in [3.05, 3.63) is 23.8 Å². The average Bonchev–Trinajstić information content (AvgIpc) is 2.42. The van der Waals surface area contributed by atoms with E-state index in [1.807, 2.05) is 20.8 Å². The number of hydrogen-bond donors (Lipinski definition) is 1.